The molecule has 1 aliphatic rings. The second-order valence-corrected chi connectivity index (χ2v) is 10.5. The predicted molar refractivity (Wildman–Crippen MR) is 133 cm³/mol. The standard InChI is InChI=1S/C26H20F16N2O6/c1-11-15(17(13-5-3-6-14(9-13)44(47)48)16(12(2)43-11)19(46)50-10-21(29,30)31)18(45)49-8-4-7-20(27,28)22(32,33)23(34,35)24(36,37)25(38,39)26(40,41)42/h3,5-6,9,16-17H,4,7-8,10H2,1-2H3. The van der Waals surface area contributed by atoms with Gasteiger partial charge in [0, 0.05) is 35.9 Å². The number of aliphatic imine (C=N–C) groups is 1. The number of benzene rings is 1. The fraction of sp³-hybridized carbons (Fsp3) is 0.577. The van der Waals surface area contributed by atoms with E-state index >= 15 is 0 Å². The zero-order chi connectivity index (χ0) is 39.1. The Balaban J connectivity index is 2.39. The van der Waals surface area contributed by atoms with Gasteiger partial charge in [0.2, 0.25) is 0 Å². The van der Waals surface area contributed by atoms with E-state index in [4.69, 9.17) is 0 Å². The Morgan fingerprint density at radius 2 is 1.36 bits per heavy atom. The van der Waals surface area contributed by atoms with Crippen LogP contribution in [-0.2, 0) is 19.1 Å². The normalized spacial score (nSPS) is 18.5. The van der Waals surface area contributed by atoms with Crippen LogP contribution in [0.15, 0.2) is 40.5 Å². The number of rotatable bonds is 13. The number of alkyl halides is 16. The third-order valence-electron chi connectivity index (χ3n) is 6.99. The van der Waals surface area contributed by atoms with E-state index in [1.165, 1.54) is 0 Å². The Kier molecular flexibility index (Phi) is 11.7. The molecule has 282 valence electrons. The Hall–Kier alpha value is -4.15. The highest BCUT2D eigenvalue weighted by atomic mass is 19.4. The van der Waals surface area contributed by atoms with Crippen molar-refractivity contribution in [1.82, 2.24) is 0 Å². The van der Waals surface area contributed by atoms with Crippen LogP contribution in [0.3, 0.4) is 0 Å². The van der Waals surface area contributed by atoms with Crippen LogP contribution in [0.5, 0.6) is 0 Å². The van der Waals surface area contributed by atoms with E-state index in [0.717, 1.165) is 38.1 Å². The number of hydrogen-bond donors (Lipinski definition) is 0. The first kappa shape index (κ1) is 42.0. The molecular formula is C26H20F16N2O6. The molecule has 0 spiro atoms. The van der Waals surface area contributed by atoms with Gasteiger partial charge in [0.25, 0.3) is 5.69 Å². The van der Waals surface area contributed by atoms with Crippen molar-refractivity contribution in [3.05, 3.63) is 51.2 Å². The van der Waals surface area contributed by atoms with Crippen LogP contribution in [0.1, 0.15) is 38.2 Å². The summed E-state index contributed by atoms with van der Waals surface area (Å²) in [6.45, 7) is -1.59. The van der Waals surface area contributed by atoms with Gasteiger partial charge in [-0.05, 0) is 25.8 Å². The van der Waals surface area contributed by atoms with Gasteiger partial charge in [-0.3, -0.25) is 19.9 Å². The number of nitro benzene ring substituents is 1. The van der Waals surface area contributed by atoms with Crippen LogP contribution < -0.4 is 0 Å². The highest BCUT2D eigenvalue weighted by molar-refractivity contribution is 6.07. The molecule has 1 aromatic rings. The van der Waals surface area contributed by atoms with Crippen molar-refractivity contribution in [1.29, 1.82) is 0 Å². The van der Waals surface area contributed by atoms with Crippen LogP contribution in [0.4, 0.5) is 75.9 Å². The lowest BCUT2D eigenvalue weighted by atomic mass is 9.75. The SMILES string of the molecule is CC1=NC(C)=C(C(=O)OCCCC(F)(F)C(F)(F)C(F)(F)C(F)(F)C(F)(F)C(F)(F)F)C(c2cccc([N+](=O)[O-])c2)C1C(=O)OCC(F)(F)F. The van der Waals surface area contributed by atoms with E-state index in [1.807, 2.05) is 0 Å². The van der Waals surface area contributed by atoms with Gasteiger partial charge in [0.1, 0.15) is 5.92 Å². The summed E-state index contributed by atoms with van der Waals surface area (Å²) in [4.78, 5) is 40.0. The molecule has 1 aromatic carbocycles. The minimum absolute atomic E-state index is 0.321. The van der Waals surface area contributed by atoms with E-state index < -0.39 is 114 Å². The van der Waals surface area contributed by atoms with Crippen molar-refractivity contribution in [3.8, 4) is 0 Å². The molecule has 0 fully saturated rings. The summed E-state index contributed by atoms with van der Waals surface area (Å²) in [5.41, 5.74) is -2.55. The highest BCUT2D eigenvalue weighted by Gasteiger charge is 2.90. The third kappa shape index (κ3) is 7.92. The molecule has 0 saturated carbocycles. The molecule has 0 N–H and O–H groups in total. The summed E-state index contributed by atoms with van der Waals surface area (Å²) < 4.78 is 221. The lowest BCUT2D eigenvalue weighted by Crippen LogP contribution is -2.70. The molecule has 1 heterocycles. The summed E-state index contributed by atoms with van der Waals surface area (Å²) in [5.74, 6) is -45.3. The molecule has 0 saturated heterocycles. The number of nitrogens with zero attached hydrogens (tertiary/aromatic N) is 2. The number of carbonyl (C=O) groups is 2. The first-order valence-corrected chi connectivity index (χ1v) is 13.2. The minimum Gasteiger partial charge on any atom is -0.462 e. The van der Waals surface area contributed by atoms with Gasteiger partial charge in [-0.1, -0.05) is 12.1 Å². The number of allylic oxidation sites excluding steroid dienone is 1. The molecule has 1 aliphatic heterocycles. The Morgan fingerprint density at radius 3 is 1.86 bits per heavy atom. The van der Waals surface area contributed by atoms with Gasteiger partial charge in [-0.2, -0.15) is 70.2 Å². The number of ether oxygens (including phenoxy) is 2. The number of hydrogen-bond acceptors (Lipinski definition) is 7. The summed E-state index contributed by atoms with van der Waals surface area (Å²) in [7, 11) is 0. The summed E-state index contributed by atoms with van der Waals surface area (Å²) in [6.07, 6.45) is -17.1. The maximum atomic E-state index is 14.1. The summed E-state index contributed by atoms with van der Waals surface area (Å²) >= 11 is 0. The number of non-ortho nitro benzene ring substituents is 1. The maximum absolute atomic E-state index is 14.1. The van der Waals surface area contributed by atoms with Crippen LogP contribution >= 0.6 is 0 Å². The number of nitro groups is 1. The van der Waals surface area contributed by atoms with Gasteiger partial charge < -0.3 is 9.47 Å². The number of esters is 2. The quantitative estimate of drug-likeness (QED) is 0.0660. The van der Waals surface area contributed by atoms with Crippen molar-refractivity contribution in [2.45, 2.75) is 74.6 Å². The molecule has 2 rings (SSSR count). The zero-order valence-corrected chi connectivity index (χ0v) is 24.7. The average molecular weight is 760 g/mol. The number of halogens is 16. The first-order chi connectivity index (χ1) is 22.4. The minimum atomic E-state index is -8.11. The molecule has 0 aliphatic carbocycles. The largest absolute Gasteiger partial charge is 0.462 e. The molecule has 2 unspecified atom stereocenters. The fourth-order valence-electron chi connectivity index (χ4n) is 4.54. The van der Waals surface area contributed by atoms with Gasteiger partial charge in [-0.25, -0.2) is 4.79 Å². The molecule has 0 amide bonds. The predicted octanol–water partition coefficient (Wildman–Crippen LogP) is 8.21. The molecule has 2 atom stereocenters. The average Bonchev–Trinajstić information content (AvgIpc) is 2.96. The fourth-order valence-corrected chi connectivity index (χ4v) is 4.54. The summed E-state index contributed by atoms with van der Waals surface area (Å²) in [6, 6.07) is 3.73. The molecule has 0 bridgehead atoms. The second kappa shape index (κ2) is 13.9. The molecular weight excluding hydrogens is 740 g/mol. The maximum Gasteiger partial charge on any atom is 0.460 e. The number of carbonyl (C=O) groups excluding carboxylic acids is 2. The van der Waals surface area contributed by atoms with Crippen LogP contribution in [0, 0.1) is 16.0 Å². The monoisotopic (exact) mass is 760 g/mol. The van der Waals surface area contributed by atoms with Crippen LogP contribution in [0.25, 0.3) is 0 Å². The Labute approximate surface area is 268 Å². The van der Waals surface area contributed by atoms with Crippen LogP contribution in [-0.4, -0.2) is 77.8 Å². The van der Waals surface area contributed by atoms with E-state index in [1.54, 1.807) is 0 Å². The van der Waals surface area contributed by atoms with Crippen molar-refractivity contribution in [2.24, 2.45) is 10.9 Å². The van der Waals surface area contributed by atoms with Crippen molar-refractivity contribution in [2.75, 3.05) is 13.2 Å². The van der Waals surface area contributed by atoms with Crippen LogP contribution in [0.2, 0.25) is 0 Å². The van der Waals surface area contributed by atoms with Gasteiger partial charge in [-0.15, -0.1) is 0 Å². The Morgan fingerprint density at radius 1 is 0.820 bits per heavy atom. The molecule has 0 aromatic heterocycles. The lowest BCUT2D eigenvalue weighted by molar-refractivity contribution is -0.440. The smallest absolute Gasteiger partial charge is 0.460 e. The first-order valence-electron chi connectivity index (χ1n) is 13.2. The molecule has 50 heavy (non-hydrogen) atoms. The van der Waals surface area contributed by atoms with Crippen molar-refractivity contribution >= 4 is 23.3 Å². The van der Waals surface area contributed by atoms with Gasteiger partial charge in [0.15, 0.2) is 6.61 Å². The van der Waals surface area contributed by atoms with Gasteiger partial charge >= 0.3 is 53.9 Å². The topological polar surface area (TPSA) is 108 Å². The second-order valence-electron chi connectivity index (χ2n) is 10.5. The van der Waals surface area contributed by atoms with E-state index in [9.17, 15) is 90.0 Å². The zero-order valence-electron chi connectivity index (χ0n) is 24.7. The molecule has 0 radical (unpaired) electrons. The highest BCUT2D eigenvalue weighted by Crippen LogP contribution is 2.60. The third-order valence-corrected chi connectivity index (χ3v) is 6.99. The van der Waals surface area contributed by atoms with E-state index in [0.29, 0.717) is 0 Å². The van der Waals surface area contributed by atoms with Crippen molar-refractivity contribution < 1.29 is 94.2 Å². The van der Waals surface area contributed by atoms with E-state index in [2.05, 4.69) is 14.5 Å². The van der Waals surface area contributed by atoms with E-state index in [-0.39, 0.29) is 11.3 Å². The molecule has 24 heteroatoms. The summed E-state index contributed by atoms with van der Waals surface area (Å²) in [5, 5.41) is 11.3. The lowest BCUT2D eigenvalue weighted by Gasteiger charge is -2.39. The van der Waals surface area contributed by atoms with Gasteiger partial charge in [0.05, 0.1) is 17.1 Å². The molecule has 8 nitrogen and oxygen atoms in total. The Bertz CT molecular complexity index is 1530. The van der Waals surface area contributed by atoms with Crippen molar-refractivity contribution in [3.63, 3.8) is 0 Å².